The van der Waals surface area contributed by atoms with E-state index in [-0.39, 0.29) is 25.5 Å². The number of fused-ring (bicyclic) bond motifs is 1. The summed E-state index contributed by atoms with van der Waals surface area (Å²) in [7, 11) is 1.52. The van der Waals surface area contributed by atoms with E-state index in [0.717, 1.165) is 5.56 Å². The van der Waals surface area contributed by atoms with Crippen molar-refractivity contribution in [1.82, 2.24) is 24.7 Å². The highest BCUT2D eigenvalue weighted by Gasteiger charge is 2.38. The summed E-state index contributed by atoms with van der Waals surface area (Å²) >= 11 is 0. The molecule has 4 heterocycles. The minimum atomic E-state index is -1.48. The highest BCUT2D eigenvalue weighted by atomic mass is 16.5. The zero-order valence-corrected chi connectivity index (χ0v) is 18.8. The number of nitrogens with one attached hydrogen (secondary N) is 1. The van der Waals surface area contributed by atoms with Crippen molar-refractivity contribution >= 4 is 22.6 Å². The fraction of sp³-hybridized carbons (Fsp3) is 0.261. The van der Waals surface area contributed by atoms with Crippen LogP contribution >= 0.6 is 0 Å². The van der Waals surface area contributed by atoms with Crippen LogP contribution in [0.3, 0.4) is 0 Å². The lowest BCUT2D eigenvalue weighted by molar-refractivity contribution is -0.143. The summed E-state index contributed by atoms with van der Waals surface area (Å²) in [5.74, 6) is 0.266. The van der Waals surface area contributed by atoms with Crippen LogP contribution in [0.4, 0.5) is 5.82 Å². The van der Waals surface area contributed by atoms with Crippen LogP contribution in [0.2, 0.25) is 0 Å². The molecule has 5 rings (SSSR count). The highest BCUT2D eigenvalue weighted by molar-refractivity contribution is 5.96. The quantitative estimate of drug-likeness (QED) is 0.358. The van der Waals surface area contributed by atoms with E-state index in [1.54, 1.807) is 53.5 Å². The highest BCUT2D eigenvalue weighted by Crippen LogP contribution is 2.25. The Morgan fingerprint density at radius 1 is 1.29 bits per heavy atom. The van der Waals surface area contributed by atoms with Crippen molar-refractivity contribution in [3.63, 3.8) is 0 Å². The van der Waals surface area contributed by atoms with Gasteiger partial charge in [-0.2, -0.15) is 0 Å². The number of anilines is 1. The monoisotopic (exact) mass is 477 g/mol. The molecule has 1 aliphatic heterocycles. The molecule has 1 aromatic carbocycles. The van der Waals surface area contributed by atoms with E-state index in [1.807, 2.05) is 0 Å². The molecule has 4 aromatic rings. The third-order valence-electron chi connectivity index (χ3n) is 5.76. The number of aromatic amines is 1. The Bertz CT molecular complexity index is 1450. The molecule has 1 aliphatic rings. The molecule has 0 bridgehead atoms. The van der Waals surface area contributed by atoms with Crippen LogP contribution in [0.15, 0.2) is 53.6 Å². The number of carbonyl (C=O) groups excluding carboxylic acids is 1. The number of aliphatic hydroxyl groups excluding tert-OH is 1. The van der Waals surface area contributed by atoms with Crippen LogP contribution < -0.4 is 20.9 Å². The van der Waals surface area contributed by atoms with Gasteiger partial charge in [0.05, 0.1) is 36.9 Å². The third-order valence-corrected chi connectivity index (χ3v) is 5.76. The summed E-state index contributed by atoms with van der Waals surface area (Å²) in [5, 5.41) is 15.8. The molecule has 3 aromatic heterocycles. The fourth-order valence-corrected chi connectivity index (χ4v) is 3.93. The minimum absolute atomic E-state index is 0.0578. The second-order valence-electron chi connectivity index (χ2n) is 7.91. The number of ether oxygens (including phenoxy) is 2. The summed E-state index contributed by atoms with van der Waals surface area (Å²) < 4.78 is 12.3. The number of morpholine rings is 1. The van der Waals surface area contributed by atoms with Gasteiger partial charge in [0.15, 0.2) is 11.9 Å². The van der Waals surface area contributed by atoms with Gasteiger partial charge in [-0.05, 0) is 23.8 Å². The van der Waals surface area contributed by atoms with Crippen LogP contribution in [0.5, 0.6) is 5.88 Å². The molecule has 2 atom stereocenters. The van der Waals surface area contributed by atoms with Gasteiger partial charge in [-0.1, -0.05) is 6.07 Å². The van der Waals surface area contributed by atoms with Gasteiger partial charge in [-0.15, -0.1) is 5.10 Å². The number of methoxy groups -OCH3 is 1. The van der Waals surface area contributed by atoms with Gasteiger partial charge >= 0.3 is 0 Å². The standard InChI is InChI=1S/C23H23N7O5/c1-34-18-11-14(4-6-25-18)30-7-5-17(28-30)29-8-9-35-20(23(29)33)19(31)21-26-16-3-2-13(12-24)10-15(16)22(32)27-21/h2-7,10-11,19-20,31H,8-9,12,24H2,1H3,(H,26,27,32). The number of aliphatic hydroxyl groups is 1. The van der Waals surface area contributed by atoms with Crippen molar-refractivity contribution in [2.24, 2.45) is 5.73 Å². The van der Waals surface area contributed by atoms with Crippen molar-refractivity contribution < 1.29 is 19.4 Å². The number of pyridine rings is 1. The van der Waals surface area contributed by atoms with E-state index in [4.69, 9.17) is 15.2 Å². The van der Waals surface area contributed by atoms with E-state index in [0.29, 0.717) is 28.3 Å². The smallest absolute Gasteiger partial charge is 0.260 e. The number of nitrogens with zero attached hydrogens (tertiary/aromatic N) is 5. The molecule has 2 unspecified atom stereocenters. The van der Waals surface area contributed by atoms with Crippen LogP contribution in [-0.2, 0) is 16.1 Å². The van der Waals surface area contributed by atoms with Gasteiger partial charge < -0.3 is 25.3 Å². The Morgan fingerprint density at radius 2 is 2.14 bits per heavy atom. The first kappa shape index (κ1) is 22.7. The predicted molar refractivity (Wildman–Crippen MR) is 125 cm³/mol. The molecule has 0 radical (unpaired) electrons. The number of hydrogen-bond acceptors (Lipinski definition) is 9. The lowest BCUT2D eigenvalue weighted by atomic mass is 10.1. The first-order chi connectivity index (χ1) is 17.0. The third kappa shape index (κ3) is 4.25. The van der Waals surface area contributed by atoms with E-state index >= 15 is 0 Å². The van der Waals surface area contributed by atoms with Crippen molar-refractivity contribution in [1.29, 1.82) is 0 Å². The lowest BCUT2D eigenvalue weighted by Crippen LogP contribution is -2.50. The molecular weight excluding hydrogens is 454 g/mol. The number of nitrogens with two attached hydrogens (primary N) is 1. The fourth-order valence-electron chi connectivity index (χ4n) is 3.93. The van der Waals surface area contributed by atoms with E-state index in [2.05, 4.69) is 20.1 Å². The molecule has 0 spiro atoms. The molecular formula is C23H23N7O5. The Morgan fingerprint density at radius 3 is 2.94 bits per heavy atom. The minimum Gasteiger partial charge on any atom is -0.481 e. The molecule has 4 N–H and O–H groups in total. The van der Waals surface area contributed by atoms with Gasteiger partial charge in [-0.3, -0.25) is 14.5 Å². The summed E-state index contributed by atoms with van der Waals surface area (Å²) in [6.45, 7) is 0.702. The van der Waals surface area contributed by atoms with Crippen molar-refractivity contribution in [2.45, 2.75) is 18.8 Å². The Kier molecular flexibility index (Phi) is 5.99. The van der Waals surface area contributed by atoms with Crippen molar-refractivity contribution in [3.05, 3.63) is 70.5 Å². The van der Waals surface area contributed by atoms with Gasteiger partial charge in [-0.25, -0.2) is 14.6 Å². The number of amides is 1. The normalized spacial score (nSPS) is 17.1. The predicted octanol–water partition coefficient (Wildman–Crippen LogP) is 0.437. The van der Waals surface area contributed by atoms with Crippen molar-refractivity contribution in [3.8, 4) is 11.6 Å². The average Bonchev–Trinajstić information content (AvgIpc) is 3.38. The molecule has 0 aliphatic carbocycles. The molecule has 35 heavy (non-hydrogen) atoms. The summed E-state index contributed by atoms with van der Waals surface area (Å²) in [6.07, 6.45) is 0.550. The van der Waals surface area contributed by atoms with E-state index < -0.39 is 23.7 Å². The molecule has 1 fully saturated rings. The van der Waals surface area contributed by atoms with E-state index in [1.165, 1.54) is 12.0 Å². The number of H-pyrrole nitrogens is 1. The lowest BCUT2D eigenvalue weighted by Gasteiger charge is -2.32. The zero-order valence-electron chi connectivity index (χ0n) is 18.8. The van der Waals surface area contributed by atoms with E-state index in [9.17, 15) is 14.7 Å². The van der Waals surface area contributed by atoms with Crippen LogP contribution in [0.25, 0.3) is 16.6 Å². The van der Waals surface area contributed by atoms with Crippen LogP contribution in [-0.4, -0.2) is 62.1 Å². The summed E-state index contributed by atoms with van der Waals surface area (Å²) in [4.78, 5) is 38.3. The number of rotatable bonds is 6. The molecule has 0 saturated carbocycles. The van der Waals surface area contributed by atoms with Crippen molar-refractivity contribution in [2.75, 3.05) is 25.2 Å². The summed E-state index contributed by atoms with van der Waals surface area (Å²) in [6, 6.07) is 10.2. The first-order valence-corrected chi connectivity index (χ1v) is 10.9. The zero-order chi connectivity index (χ0) is 24.5. The Labute approximate surface area is 198 Å². The summed E-state index contributed by atoms with van der Waals surface area (Å²) in [5.41, 5.74) is 7.07. The number of hydrogen-bond donors (Lipinski definition) is 3. The maximum atomic E-state index is 13.2. The Hall–Kier alpha value is -4.13. The molecule has 12 nitrogen and oxygen atoms in total. The van der Waals surface area contributed by atoms with Crippen LogP contribution in [0.1, 0.15) is 17.5 Å². The van der Waals surface area contributed by atoms with Gasteiger partial charge in [0.2, 0.25) is 5.88 Å². The Balaban J connectivity index is 1.40. The molecule has 1 saturated heterocycles. The maximum absolute atomic E-state index is 13.2. The van der Waals surface area contributed by atoms with Gasteiger partial charge in [0, 0.05) is 31.1 Å². The van der Waals surface area contributed by atoms with Crippen LogP contribution in [0, 0.1) is 0 Å². The SMILES string of the molecule is COc1cc(-n2ccc(N3CCOC(C(O)c4nc5ccc(CN)cc5c(=O)[nH]4)C3=O)n2)ccn1. The number of carbonyl (C=O) groups is 1. The molecule has 180 valence electrons. The number of aromatic nitrogens is 5. The topological polar surface area (TPSA) is 161 Å². The van der Waals surface area contributed by atoms with Gasteiger partial charge in [0.25, 0.3) is 11.5 Å². The maximum Gasteiger partial charge on any atom is 0.260 e. The first-order valence-electron chi connectivity index (χ1n) is 10.9. The second kappa shape index (κ2) is 9.25. The largest absolute Gasteiger partial charge is 0.481 e. The molecule has 1 amide bonds. The average molecular weight is 477 g/mol. The second-order valence-corrected chi connectivity index (χ2v) is 7.91. The van der Waals surface area contributed by atoms with Gasteiger partial charge in [0.1, 0.15) is 11.9 Å². The number of benzene rings is 1. The molecule has 12 heteroatoms.